The number of rotatable bonds is 2. The van der Waals surface area contributed by atoms with Crippen LogP contribution in [-0.4, -0.2) is 22.8 Å². The Labute approximate surface area is 113 Å². The molecule has 2 heterocycles. The molecule has 0 N–H and O–H groups in total. The minimum absolute atomic E-state index is 0.0661. The number of nitrogens with zero attached hydrogens (tertiary/aromatic N) is 2. The van der Waals surface area contributed by atoms with Crippen LogP contribution in [0.4, 0.5) is 5.69 Å². The van der Waals surface area contributed by atoms with Gasteiger partial charge < -0.3 is 9.90 Å². The summed E-state index contributed by atoms with van der Waals surface area (Å²) in [6, 6.07) is 8.54. The maximum atomic E-state index is 12.2. The van der Waals surface area contributed by atoms with Gasteiger partial charge in [-0.3, -0.25) is 14.6 Å². The third-order valence-electron chi connectivity index (χ3n) is 2.99. The molecule has 0 atom stereocenters. The van der Waals surface area contributed by atoms with Crippen LogP contribution in [0.25, 0.3) is 0 Å². The number of aromatic nitrogens is 1. The van der Waals surface area contributed by atoms with Crippen LogP contribution in [0.15, 0.2) is 42.6 Å². The lowest BCUT2D eigenvalue weighted by molar-refractivity contribution is -0.255. The van der Waals surface area contributed by atoms with E-state index in [9.17, 15) is 19.5 Å². The van der Waals surface area contributed by atoms with Crippen LogP contribution >= 0.6 is 0 Å². The quantitative estimate of drug-likeness (QED) is 0.727. The van der Waals surface area contributed by atoms with E-state index in [0.717, 1.165) is 4.90 Å². The Kier molecular flexibility index (Phi) is 2.57. The van der Waals surface area contributed by atoms with Crippen molar-refractivity contribution < 1.29 is 19.5 Å². The molecule has 0 spiro atoms. The van der Waals surface area contributed by atoms with E-state index < -0.39 is 17.8 Å². The highest BCUT2D eigenvalue weighted by Crippen LogP contribution is 2.27. The number of carboxylic acid groups (broad SMARTS) is 1. The molecule has 0 fully saturated rings. The van der Waals surface area contributed by atoms with Gasteiger partial charge in [0.2, 0.25) is 0 Å². The number of amides is 2. The molecule has 1 aliphatic rings. The molecule has 3 rings (SSSR count). The van der Waals surface area contributed by atoms with E-state index in [2.05, 4.69) is 4.98 Å². The summed E-state index contributed by atoms with van der Waals surface area (Å²) in [5.74, 6) is -2.46. The standard InChI is InChI=1S/C14H8N2O4/c17-12-10-5-2-6-15-11(10)13(18)16(12)9-4-1-3-8(7-9)14(19)20/h1-7H,(H,19,20)/p-1. The first-order valence-corrected chi connectivity index (χ1v) is 5.75. The number of anilines is 1. The van der Waals surface area contributed by atoms with Crippen molar-refractivity contribution in [1.29, 1.82) is 0 Å². The molecular formula is C14H7N2O4-. The second-order valence-electron chi connectivity index (χ2n) is 4.18. The molecule has 20 heavy (non-hydrogen) atoms. The minimum atomic E-state index is -1.37. The van der Waals surface area contributed by atoms with Gasteiger partial charge in [0, 0.05) is 6.20 Å². The van der Waals surface area contributed by atoms with E-state index in [1.54, 1.807) is 6.07 Å². The highest BCUT2D eigenvalue weighted by atomic mass is 16.4. The van der Waals surface area contributed by atoms with Crippen molar-refractivity contribution in [3.63, 3.8) is 0 Å². The number of pyridine rings is 1. The molecule has 6 nitrogen and oxygen atoms in total. The minimum Gasteiger partial charge on any atom is -0.545 e. The van der Waals surface area contributed by atoms with Gasteiger partial charge in [0.15, 0.2) is 0 Å². The number of benzene rings is 1. The van der Waals surface area contributed by atoms with Crippen LogP contribution in [0, 0.1) is 0 Å². The van der Waals surface area contributed by atoms with Gasteiger partial charge in [-0.05, 0) is 29.8 Å². The first-order valence-electron chi connectivity index (χ1n) is 5.75. The summed E-state index contributed by atoms with van der Waals surface area (Å²) in [5.41, 5.74) is 0.347. The molecule has 1 aromatic heterocycles. The van der Waals surface area contributed by atoms with Crippen molar-refractivity contribution in [2.24, 2.45) is 0 Å². The topological polar surface area (TPSA) is 90.4 Å². The molecule has 0 saturated heterocycles. The van der Waals surface area contributed by atoms with Crippen molar-refractivity contribution in [3.05, 3.63) is 59.4 Å². The molecule has 6 heteroatoms. The van der Waals surface area contributed by atoms with Gasteiger partial charge in [-0.2, -0.15) is 0 Å². The molecule has 1 aliphatic heterocycles. The Balaban J connectivity index is 2.09. The van der Waals surface area contributed by atoms with Crippen molar-refractivity contribution in [2.75, 3.05) is 4.90 Å². The number of carboxylic acids is 1. The average Bonchev–Trinajstić information content (AvgIpc) is 2.72. The molecule has 0 bridgehead atoms. The monoisotopic (exact) mass is 267 g/mol. The zero-order valence-corrected chi connectivity index (χ0v) is 10.1. The van der Waals surface area contributed by atoms with Crippen LogP contribution in [0.1, 0.15) is 31.2 Å². The van der Waals surface area contributed by atoms with Gasteiger partial charge in [0.05, 0.1) is 17.2 Å². The number of aromatic carboxylic acids is 1. The maximum Gasteiger partial charge on any atom is 0.284 e. The van der Waals surface area contributed by atoms with Gasteiger partial charge in [-0.25, -0.2) is 4.90 Å². The van der Waals surface area contributed by atoms with E-state index in [1.807, 2.05) is 0 Å². The molecule has 98 valence electrons. The van der Waals surface area contributed by atoms with Gasteiger partial charge in [0.25, 0.3) is 11.8 Å². The second kappa shape index (κ2) is 4.27. The van der Waals surface area contributed by atoms with Gasteiger partial charge in [-0.1, -0.05) is 12.1 Å². The van der Waals surface area contributed by atoms with Crippen LogP contribution in [0.5, 0.6) is 0 Å². The first-order chi connectivity index (χ1) is 9.59. The number of hydrogen-bond donors (Lipinski definition) is 0. The van der Waals surface area contributed by atoms with E-state index >= 15 is 0 Å². The zero-order chi connectivity index (χ0) is 14.3. The highest BCUT2D eigenvalue weighted by molar-refractivity contribution is 6.33. The Morgan fingerprint density at radius 1 is 1.10 bits per heavy atom. The Hall–Kier alpha value is -3.02. The smallest absolute Gasteiger partial charge is 0.284 e. The van der Waals surface area contributed by atoms with Crippen molar-refractivity contribution >= 4 is 23.5 Å². The van der Waals surface area contributed by atoms with Crippen molar-refractivity contribution in [1.82, 2.24) is 4.98 Å². The number of imide groups is 1. The number of fused-ring (bicyclic) bond motifs is 1. The van der Waals surface area contributed by atoms with Crippen LogP contribution in [-0.2, 0) is 0 Å². The van der Waals surface area contributed by atoms with Crippen molar-refractivity contribution in [2.45, 2.75) is 0 Å². The molecule has 0 saturated carbocycles. The third kappa shape index (κ3) is 1.66. The van der Waals surface area contributed by atoms with E-state index in [-0.39, 0.29) is 22.5 Å². The lowest BCUT2D eigenvalue weighted by Crippen LogP contribution is -2.30. The summed E-state index contributed by atoms with van der Waals surface area (Å²) in [5, 5.41) is 10.8. The molecule has 0 radical (unpaired) electrons. The second-order valence-corrected chi connectivity index (χ2v) is 4.18. The SMILES string of the molecule is O=C([O-])c1cccc(N2C(=O)c3cccnc3C2=O)c1. The Bertz CT molecular complexity index is 719. The molecule has 2 amide bonds. The number of carbonyl (C=O) groups is 3. The van der Waals surface area contributed by atoms with Crippen LogP contribution in [0.2, 0.25) is 0 Å². The summed E-state index contributed by atoms with van der Waals surface area (Å²) >= 11 is 0. The van der Waals surface area contributed by atoms with Crippen LogP contribution in [0.3, 0.4) is 0 Å². The largest absolute Gasteiger partial charge is 0.545 e. The van der Waals surface area contributed by atoms with E-state index in [4.69, 9.17) is 0 Å². The average molecular weight is 267 g/mol. The van der Waals surface area contributed by atoms with Crippen molar-refractivity contribution in [3.8, 4) is 0 Å². The van der Waals surface area contributed by atoms with E-state index in [1.165, 1.54) is 36.5 Å². The van der Waals surface area contributed by atoms with Gasteiger partial charge >= 0.3 is 0 Å². The maximum absolute atomic E-state index is 12.2. The normalized spacial score (nSPS) is 13.5. The summed E-state index contributed by atoms with van der Waals surface area (Å²) in [6.07, 6.45) is 1.42. The summed E-state index contributed by atoms with van der Waals surface area (Å²) in [7, 11) is 0. The van der Waals surface area contributed by atoms with E-state index in [0.29, 0.717) is 0 Å². The lowest BCUT2D eigenvalue weighted by atomic mass is 10.2. The van der Waals surface area contributed by atoms with Gasteiger partial charge in [-0.15, -0.1) is 0 Å². The summed E-state index contributed by atoms with van der Waals surface area (Å²) in [6.45, 7) is 0. The fraction of sp³-hybridized carbons (Fsp3) is 0. The number of hydrogen-bond acceptors (Lipinski definition) is 5. The predicted molar refractivity (Wildman–Crippen MR) is 66.1 cm³/mol. The summed E-state index contributed by atoms with van der Waals surface area (Å²) in [4.78, 5) is 40.0. The lowest BCUT2D eigenvalue weighted by Gasteiger charge is -2.14. The zero-order valence-electron chi connectivity index (χ0n) is 10.1. The molecule has 1 aromatic carbocycles. The molecular weight excluding hydrogens is 260 g/mol. The van der Waals surface area contributed by atoms with Gasteiger partial charge in [0.1, 0.15) is 5.69 Å². The number of carbonyl (C=O) groups excluding carboxylic acids is 3. The Morgan fingerprint density at radius 3 is 2.60 bits per heavy atom. The van der Waals surface area contributed by atoms with Crippen LogP contribution < -0.4 is 10.0 Å². The predicted octanol–water partition coefficient (Wildman–Crippen LogP) is 0.246. The fourth-order valence-electron chi connectivity index (χ4n) is 2.07. The Morgan fingerprint density at radius 2 is 1.90 bits per heavy atom. The molecule has 0 aliphatic carbocycles. The molecule has 2 aromatic rings. The fourth-order valence-corrected chi connectivity index (χ4v) is 2.07. The first kappa shape index (κ1) is 12.0. The summed E-state index contributed by atoms with van der Waals surface area (Å²) < 4.78 is 0. The molecule has 0 unspecified atom stereocenters. The highest BCUT2D eigenvalue weighted by Gasteiger charge is 2.37. The third-order valence-corrected chi connectivity index (χ3v) is 2.99.